The quantitative estimate of drug-likeness (QED) is 0.303. The lowest BCUT2D eigenvalue weighted by Gasteiger charge is -2.17. The van der Waals surface area contributed by atoms with Crippen molar-refractivity contribution in [2.75, 3.05) is 12.4 Å². The highest BCUT2D eigenvalue weighted by atomic mass is 19.1. The van der Waals surface area contributed by atoms with Crippen molar-refractivity contribution in [2.45, 2.75) is 19.5 Å². The van der Waals surface area contributed by atoms with Gasteiger partial charge in [0.1, 0.15) is 11.5 Å². The molecule has 2 aromatic carbocycles. The summed E-state index contributed by atoms with van der Waals surface area (Å²) < 4.78 is 15.2. The fraction of sp³-hybridized carbons (Fsp3) is 0.138. The second-order valence-corrected chi connectivity index (χ2v) is 8.86. The van der Waals surface area contributed by atoms with Crippen LogP contribution in [-0.2, 0) is 11.3 Å². The predicted octanol–water partition coefficient (Wildman–Crippen LogP) is 4.79. The SMILES string of the molecule is CNC(C)C(=O)Nc1ccc(-c2ccc(F)cc2)n(Cc2cncc(-c3c[nH]c4ccccc34)c2)c1=O. The molecule has 1 amide bonds. The lowest BCUT2D eigenvalue weighted by molar-refractivity contribution is -0.117. The van der Waals surface area contributed by atoms with Gasteiger partial charge < -0.3 is 20.2 Å². The number of fused-ring (bicyclic) bond motifs is 1. The summed E-state index contributed by atoms with van der Waals surface area (Å²) in [6, 6.07) is 18.8. The minimum atomic E-state index is -0.471. The van der Waals surface area contributed by atoms with Gasteiger partial charge in [-0.15, -0.1) is 0 Å². The Morgan fingerprint density at radius 1 is 1.05 bits per heavy atom. The van der Waals surface area contributed by atoms with Gasteiger partial charge in [0.2, 0.25) is 5.91 Å². The Hall–Kier alpha value is -4.56. The molecule has 186 valence electrons. The Morgan fingerprint density at radius 3 is 2.62 bits per heavy atom. The average Bonchev–Trinajstić information content (AvgIpc) is 3.35. The highest BCUT2D eigenvalue weighted by molar-refractivity contribution is 5.95. The van der Waals surface area contributed by atoms with Crippen molar-refractivity contribution in [3.05, 3.63) is 107 Å². The third kappa shape index (κ3) is 4.92. The van der Waals surface area contributed by atoms with Gasteiger partial charge in [-0.05, 0) is 73.6 Å². The number of H-pyrrole nitrogens is 1. The molecular formula is C29H26FN5O2. The molecule has 5 aromatic rings. The number of likely N-dealkylation sites (N-methyl/N-ethyl adjacent to an activating group) is 1. The summed E-state index contributed by atoms with van der Waals surface area (Å²) in [5.41, 5.74) is 4.84. The maximum Gasteiger partial charge on any atom is 0.275 e. The number of aromatic amines is 1. The lowest BCUT2D eigenvalue weighted by Crippen LogP contribution is -2.37. The first-order chi connectivity index (χ1) is 17.9. The van der Waals surface area contributed by atoms with Crippen LogP contribution in [0, 0.1) is 5.82 Å². The number of carbonyl (C=O) groups excluding carboxylic acids is 1. The van der Waals surface area contributed by atoms with Crippen LogP contribution in [0.25, 0.3) is 33.3 Å². The van der Waals surface area contributed by atoms with Crippen molar-refractivity contribution in [2.24, 2.45) is 0 Å². The van der Waals surface area contributed by atoms with Crippen molar-refractivity contribution in [1.82, 2.24) is 19.9 Å². The summed E-state index contributed by atoms with van der Waals surface area (Å²) >= 11 is 0. The number of hydrogen-bond donors (Lipinski definition) is 3. The molecule has 7 nitrogen and oxygen atoms in total. The van der Waals surface area contributed by atoms with E-state index in [1.165, 1.54) is 12.1 Å². The number of rotatable bonds is 7. The molecule has 0 aliphatic rings. The van der Waals surface area contributed by atoms with Crippen LogP contribution in [-0.4, -0.2) is 33.5 Å². The van der Waals surface area contributed by atoms with Crippen LogP contribution in [0.3, 0.4) is 0 Å². The molecule has 3 N–H and O–H groups in total. The van der Waals surface area contributed by atoms with E-state index in [4.69, 9.17) is 0 Å². The van der Waals surface area contributed by atoms with Crippen LogP contribution in [0.1, 0.15) is 12.5 Å². The van der Waals surface area contributed by atoms with Crippen LogP contribution < -0.4 is 16.2 Å². The fourth-order valence-electron chi connectivity index (χ4n) is 4.29. The monoisotopic (exact) mass is 495 g/mol. The van der Waals surface area contributed by atoms with Crippen molar-refractivity contribution < 1.29 is 9.18 Å². The number of nitrogens with zero attached hydrogens (tertiary/aromatic N) is 2. The highest BCUT2D eigenvalue weighted by Crippen LogP contribution is 2.29. The molecule has 0 bridgehead atoms. The minimum Gasteiger partial charge on any atom is -0.361 e. The Kier molecular flexibility index (Phi) is 6.66. The molecule has 3 heterocycles. The van der Waals surface area contributed by atoms with Gasteiger partial charge in [-0.1, -0.05) is 18.2 Å². The van der Waals surface area contributed by atoms with E-state index >= 15 is 0 Å². The van der Waals surface area contributed by atoms with Gasteiger partial charge in [0.05, 0.1) is 18.3 Å². The molecule has 1 unspecified atom stereocenters. The number of amides is 1. The zero-order chi connectivity index (χ0) is 25.9. The number of anilines is 1. The van der Waals surface area contributed by atoms with Gasteiger partial charge in [0, 0.05) is 40.6 Å². The van der Waals surface area contributed by atoms with E-state index in [1.807, 2.05) is 36.5 Å². The van der Waals surface area contributed by atoms with E-state index in [2.05, 4.69) is 20.6 Å². The van der Waals surface area contributed by atoms with Crippen molar-refractivity contribution >= 4 is 22.5 Å². The topological polar surface area (TPSA) is 91.8 Å². The van der Waals surface area contributed by atoms with E-state index < -0.39 is 6.04 Å². The Balaban J connectivity index is 1.57. The summed E-state index contributed by atoms with van der Waals surface area (Å²) in [6.45, 7) is 1.92. The number of pyridine rings is 2. The van der Waals surface area contributed by atoms with E-state index in [0.29, 0.717) is 11.3 Å². The summed E-state index contributed by atoms with van der Waals surface area (Å²) in [6.07, 6.45) is 5.45. The number of para-hydroxylation sites is 1. The van der Waals surface area contributed by atoms with Crippen LogP contribution in [0.4, 0.5) is 10.1 Å². The number of aromatic nitrogens is 3. The zero-order valence-electron chi connectivity index (χ0n) is 20.5. The molecule has 0 saturated heterocycles. The second kappa shape index (κ2) is 10.2. The summed E-state index contributed by atoms with van der Waals surface area (Å²) in [5, 5.41) is 6.66. The fourth-order valence-corrected chi connectivity index (χ4v) is 4.29. The molecule has 1 atom stereocenters. The Bertz CT molecular complexity index is 1640. The second-order valence-electron chi connectivity index (χ2n) is 8.86. The zero-order valence-corrected chi connectivity index (χ0v) is 20.5. The van der Waals surface area contributed by atoms with Gasteiger partial charge in [-0.2, -0.15) is 0 Å². The molecular weight excluding hydrogens is 469 g/mol. The van der Waals surface area contributed by atoms with Gasteiger partial charge in [0.25, 0.3) is 5.56 Å². The highest BCUT2D eigenvalue weighted by Gasteiger charge is 2.17. The molecule has 3 aromatic heterocycles. The maximum absolute atomic E-state index is 13.6. The summed E-state index contributed by atoms with van der Waals surface area (Å²) in [4.78, 5) is 33.8. The number of nitrogens with one attached hydrogen (secondary N) is 3. The van der Waals surface area contributed by atoms with Crippen molar-refractivity contribution in [3.8, 4) is 22.4 Å². The molecule has 0 radical (unpaired) electrons. The van der Waals surface area contributed by atoms with Gasteiger partial charge >= 0.3 is 0 Å². The minimum absolute atomic E-state index is 0.165. The molecule has 37 heavy (non-hydrogen) atoms. The van der Waals surface area contributed by atoms with Gasteiger partial charge in [-0.3, -0.25) is 14.6 Å². The smallest absolute Gasteiger partial charge is 0.275 e. The molecule has 0 spiro atoms. The van der Waals surface area contributed by atoms with Crippen LogP contribution in [0.2, 0.25) is 0 Å². The van der Waals surface area contributed by atoms with Crippen molar-refractivity contribution in [3.63, 3.8) is 0 Å². The average molecular weight is 496 g/mol. The summed E-state index contributed by atoms with van der Waals surface area (Å²) in [7, 11) is 1.67. The first-order valence-corrected chi connectivity index (χ1v) is 11.9. The largest absolute Gasteiger partial charge is 0.361 e. The number of carbonyl (C=O) groups is 1. The molecule has 0 fully saturated rings. The van der Waals surface area contributed by atoms with Crippen LogP contribution >= 0.6 is 0 Å². The first-order valence-electron chi connectivity index (χ1n) is 11.9. The molecule has 0 aliphatic heterocycles. The third-order valence-corrected chi connectivity index (χ3v) is 6.43. The van der Waals surface area contributed by atoms with Gasteiger partial charge in [0.15, 0.2) is 0 Å². The number of hydrogen-bond acceptors (Lipinski definition) is 4. The molecule has 5 rings (SSSR count). The molecule has 0 aliphatic carbocycles. The third-order valence-electron chi connectivity index (χ3n) is 6.43. The van der Waals surface area contributed by atoms with Crippen molar-refractivity contribution in [1.29, 1.82) is 0 Å². The van der Waals surface area contributed by atoms with Crippen LogP contribution in [0.15, 0.2) is 90.1 Å². The first kappa shape index (κ1) is 24.1. The van der Waals surface area contributed by atoms with Crippen LogP contribution in [0.5, 0.6) is 0 Å². The van der Waals surface area contributed by atoms with E-state index in [0.717, 1.165) is 27.6 Å². The molecule has 8 heteroatoms. The normalized spacial score (nSPS) is 12.0. The predicted molar refractivity (Wildman–Crippen MR) is 144 cm³/mol. The number of benzene rings is 2. The summed E-state index contributed by atoms with van der Waals surface area (Å²) in [5.74, 6) is -0.679. The van der Waals surface area contributed by atoms with E-state index in [1.54, 1.807) is 55.2 Å². The lowest BCUT2D eigenvalue weighted by atomic mass is 10.0. The standard InChI is InChI=1S/C29H26FN5O2/c1-18(31-2)28(36)34-26-11-12-27(20-7-9-22(30)10-8-20)35(29(26)37)17-19-13-21(15-32-14-19)24-16-33-25-6-4-3-5-23(24)25/h3-16,18,31,33H,17H2,1-2H3,(H,34,36). The molecule has 0 saturated carbocycles. The van der Waals surface area contributed by atoms with Gasteiger partial charge in [-0.25, -0.2) is 4.39 Å². The Labute approximate surface area is 213 Å². The van der Waals surface area contributed by atoms with E-state index in [-0.39, 0.29) is 29.5 Å². The maximum atomic E-state index is 13.6. The van der Waals surface area contributed by atoms with E-state index in [9.17, 15) is 14.0 Å². The Morgan fingerprint density at radius 2 is 1.84 bits per heavy atom. The number of halogens is 1.